The van der Waals surface area contributed by atoms with Gasteiger partial charge in [0.15, 0.2) is 0 Å². The second-order valence-corrected chi connectivity index (χ2v) is 6.85. The zero-order valence-corrected chi connectivity index (χ0v) is 13.6. The highest BCUT2D eigenvalue weighted by Crippen LogP contribution is 2.31. The summed E-state index contributed by atoms with van der Waals surface area (Å²) in [5, 5.41) is 9.01. The first-order chi connectivity index (χ1) is 10.8. The minimum absolute atomic E-state index is 0.0745. The number of methoxy groups -OCH3 is 1. The Morgan fingerprint density at radius 1 is 1.30 bits per heavy atom. The quantitative estimate of drug-likeness (QED) is 0.704. The number of nitrogens with one attached hydrogen (secondary N) is 1. The summed E-state index contributed by atoms with van der Waals surface area (Å²) in [5.74, 6) is -0.675. The van der Waals surface area contributed by atoms with Crippen molar-refractivity contribution in [3.63, 3.8) is 0 Å². The lowest BCUT2D eigenvalue weighted by molar-refractivity contribution is -0.121. The van der Waals surface area contributed by atoms with Crippen molar-refractivity contribution in [2.75, 3.05) is 18.6 Å². The average Bonchev–Trinajstić information content (AvgIpc) is 2.85. The summed E-state index contributed by atoms with van der Waals surface area (Å²) in [6.45, 7) is 1.13. The summed E-state index contributed by atoms with van der Waals surface area (Å²) in [7, 11) is -2.67. The molecule has 0 saturated carbocycles. The van der Waals surface area contributed by atoms with Crippen molar-refractivity contribution in [2.45, 2.75) is 30.7 Å². The van der Waals surface area contributed by atoms with Gasteiger partial charge in [-0.1, -0.05) is 0 Å². The molecule has 126 valence electrons. The van der Waals surface area contributed by atoms with E-state index in [-0.39, 0.29) is 47.6 Å². The zero-order chi connectivity index (χ0) is 17.2. The Labute approximate surface area is 134 Å². The molecule has 1 atom stereocenters. The third kappa shape index (κ3) is 3.52. The first-order valence-corrected chi connectivity index (χ1v) is 8.45. The van der Waals surface area contributed by atoms with Gasteiger partial charge in [0.25, 0.3) is 0 Å². The van der Waals surface area contributed by atoms with Crippen LogP contribution in [0.1, 0.15) is 19.8 Å². The highest BCUT2D eigenvalue weighted by Gasteiger charge is 2.32. The van der Waals surface area contributed by atoms with Crippen LogP contribution < -0.4 is 14.4 Å². The third-order valence-corrected chi connectivity index (χ3v) is 4.99. The van der Waals surface area contributed by atoms with Gasteiger partial charge in [0.1, 0.15) is 10.6 Å². The van der Waals surface area contributed by atoms with Gasteiger partial charge in [-0.3, -0.25) is 14.5 Å². The molecule has 2 N–H and O–H groups in total. The van der Waals surface area contributed by atoms with Crippen molar-refractivity contribution in [3.8, 4) is 5.75 Å². The van der Waals surface area contributed by atoms with E-state index in [0.717, 1.165) is 4.90 Å². The van der Waals surface area contributed by atoms with Crippen LogP contribution >= 0.6 is 0 Å². The van der Waals surface area contributed by atoms with Crippen LogP contribution in [0.4, 0.5) is 5.69 Å². The molecule has 1 aliphatic heterocycles. The van der Waals surface area contributed by atoms with Crippen LogP contribution in [0.25, 0.3) is 0 Å². The van der Waals surface area contributed by atoms with E-state index < -0.39 is 16.1 Å². The fourth-order valence-electron chi connectivity index (χ4n) is 2.24. The van der Waals surface area contributed by atoms with E-state index in [1.165, 1.54) is 32.2 Å². The SMILES string of the molecule is COc1ccc(N2C(=O)CCC2=O)cc1S(=O)(=O)N[C@@H](C)CO. The summed E-state index contributed by atoms with van der Waals surface area (Å²) in [6.07, 6.45) is 0.208. The van der Waals surface area contributed by atoms with Crippen molar-refractivity contribution in [1.82, 2.24) is 4.72 Å². The average molecular weight is 342 g/mol. The van der Waals surface area contributed by atoms with Gasteiger partial charge < -0.3 is 9.84 Å². The van der Waals surface area contributed by atoms with E-state index in [2.05, 4.69) is 4.72 Å². The van der Waals surface area contributed by atoms with Crippen LogP contribution in [-0.2, 0) is 19.6 Å². The maximum atomic E-state index is 12.4. The molecule has 1 heterocycles. The molecule has 8 nitrogen and oxygen atoms in total. The number of benzene rings is 1. The number of ether oxygens (including phenoxy) is 1. The molecule has 0 aromatic heterocycles. The largest absolute Gasteiger partial charge is 0.495 e. The molecular formula is C14H18N2O6S. The molecule has 1 aliphatic rings. The smallest absolute Gasteiger partial charge is 0.244 e. The minimum atomic E-state index is -3.99. The molecule has 0 bridgehead atoms. The first-order valence-electron chi connectivity index (χ1n) is 6.97. The Bertz CT molecular complexity index is 715. The maximum Gasteiger partial charge on any atom is 0.244 e. The molecule has 1 aromatic carbocycles. The fraction of sp³-hybridized carbons (Fsp3) is 0.429. The third-order valence-electron chi connectivity index (χ3n) is 3.38. The van der Waals surface area contributed by atoms with E-state index in [0.29, 0.717) is 0 Å². The molecule has 23 heavy (non-hydrogen) atoms. The van der Waals surface area contributed by atoms with Crippen molar-refractivity contribution in [2.24, 2.45) is 0 Å². The molecule has 2 rings (SSSR count). The van der Waals surface area contributed by atoms with Gasteiger partial charge in [-0.25, -0.2) is 13.1 Å². The first kappa shape index (κ1) is 17.4. The highest BCUT2D eigenvalue weighted by molar-refractivity contribution is 7.89. The van der Waals surface area contributed by atoms with Gasteiger partial charge in [-0.05, 0) is 25.1 Å². The van der Waals surface area contributed by atoms with Gasteiger partial charge in [0.2, 0.25) is 21.8 Å². The van der Waals surface area contributed by atoms with Crippen LogP contribution in [0.15, 0.2) is 23.1 Å². The Balaban J connectivity index is 2.48. The van der Waals surface area contributed by atoms with Crippen molar-refractivity contribution < 1.29 is 27.9 Å². The maximum absolute atomic E-state index is 12.4. The van der Waals surface area contributed by atoms with Crippen LogP contribution in [-0.4, -0.2) is 45.1 Å². The molecule has 1 saturated heterocycles. The number of amides is 2. The van der Waals surface area contributed by atoms with Crippen LogP contribution in [0.3, 0.4) is 0 Å². The number of hydrogen-bond donors (Lipinski definition) is 2. The van der Waals surface area contributed by atoms with Crippen LogP contribution in [0, 0.1) is 0 Å². The highest BCUT2D eigenvalue weighted by atomic mass is 32.2. The lowest BCUT2D eigenvalue weighted by Crippen LogP contribution is -2.35. The Kier molecular flexibility index (Phi) is 5.03. The molecular weight excluding hydrogens is 324 g/mol. The lowest BCUT2D eigenvalue weighted by Gasteiger charge is -2.18. The predicted molar refractivity (Wildman–Crippen MR) is 81.6 cm³/mol. The topological polar surface area (TPSA) is 113 Å². The molecule has 0 unspecified atom stereocenters. The number of imide groups is 1. The van der Waals surface area contributed by atoms with E-state index >= 15 is 0 Å². The minimum Gasteiger partial charge on any atom is -0.495 e. The fourth-order valence-corrected chi connectivity index (χ4v) is 3.67. The second-order valence-electron chi connectivity index (χ2n) is 5.16. The van der Waals surface area contributed by atoms with Crippen molar-refractivity contribution in [3.05, 3.63) is 18.2 Å². The van der Waals surface area contributed by atoms with Gasteiger partial charge in [-0.2, -0.15) is 0 Å². The van der Waals surface area contributed by atoms with Gasteiger partial charge in [0.05, 0.1) is 19.4 Å². The van der Waals surface area contributed by atoms with Crippen LogP contribution in [0.2, 0.25) is 0 Å². The molecule has 1 aromatic rings. The molecule has 9 heteroatoms. The van der Waals surface area contributed by atoms with E-state index in [9.17, 15) is 18.0 Å². The standard InChI is InChI=1S/C14H18N2O6S/c1-9(8-17)15-23(20,21)12-7-10(3-4-11(12)22-2)16-13(18)5-6-14(16)19/h3-4,7,9,15,17H,5-6,8H2,1-2H3/t9-/m0/s1. The number of rotatable bonds is 6. The number of carbonyl (C=O) groups excluding carboxylic acids is 2. The van der Waals surface area contributed by atoms with E-state index in [4.69, 9.17) is 9.84 Å². The molecule has 2 amide bonds. The van der Waals surface area contributed by atoms with Gasteiger partial charge >= 0.3 is 0 Å². The number of sulfonamides is 1. The summed E-state index contributed by atoms with van der Waals surface area (Å²) >= 11 is 0. The van der Waals surface area contributed by atoms with Crippen molar-refractivity contribution in [1.29, 1.82) is 0 Å². The monoisotopic (exact) mass is 342 g/mol. The van der Waals surface area contributed by atoms with Gasteiger partial charge in [0, 0.05) is 18.9 Å². The summed E-state index contributed by atoms with van der Waals surface area (Å²) in [4.78, 5) is 24.4. The normalized spacial score (nSPS) is 16.7. The number of anilines is 1. The van der Waals surface area contributed by atoms with Crippen molar-refractivity contribution >= 4 is 27.5 Å². The Hall–Kier alpha value is -1.97. The number of hydrogen-bond acceptors (Lipinski definition) is 6. The number of aliphatic hydroxyl groups excluding tert-OH is 1. The summed E-state index contributed by atoms with van der Waals surface area (Å²) in [6, 6.07) is 3.36. The molecule has 0 spiro atoms. The number of carbonyl (C=O) groups is 2. The Morgan fingerprint density at radius 3 is 2.43 bits per heavy atom. The summed E-state index contributed by atoms with van der Waals surface area (Å²) in [5.41, 5.74) is 0.176. The molecule has 1 fully saturated rings. The van der Waals surface area contributed by atoms with E-state index in [1.54, 1.807) is 0 Å². The predicted octanol–water partition coefficient (Wildman–Crippen LogP) is 0.00770. The van der Waals surface area contributed by atoms with E-state index in [1.807, 2.05) is 0 Å². The lowest BCUT2D eigenvalue weighted by atomic mass is 10.2. The Morgan fingerprint density at radius 2 is 1.91 bits per heavy atom. The number of nitrogens with zero attached hydrogens (tertiary/aromatic N) is 1. The summed E-state index contributed by atoms with van der Waals surface area (Å²) < 4.78 is 32.2. The molecule has 0 radical (unpaired) electrons. The molecule has 0 aliphatic carbocycles. The second kappa shape index (κ2) is 6.65. The zero-order valence-electron chi connectivity index (χ0n) is 12.8. The number of aliphatic hydroxyl groups is 1. The van der Waals surface area contributed by atoms with Gasteiger partial charge in [-0.15, -0.1) is 0 Å². The van der Waals surface area contributed by atoms with Crippen LogP contribution in [0.5, 0.6) is 5.75 Å².